The molecular weight excluding hydrogens is 240 g/mol. The van der Waals surface area contributed by atoms with E-state index in [1.54, 1.807) is 36.8 Å². The number of phenolic OH excluding ortho intramolecular Hbond substituents is 1. The Morgan fingerprint density at radius 2 is 1.89 bits per heavy atom. The van der Waals surface area contributed by atoms with E-state index in [0.717, 1.165) is 11.1 Å². The second-order valence-electron chi connectivity index (χ2n) is 4.47. The van der Waals surface area contributed by atoms with Crippen LogP contribution in [0, 0.1) is 0 Å². The van der Waals surface area contributed by atoms with Crippen molar-refractivity contribution in [2.75, 3.05) is 0 Å². The number of carbonyl (C=O) groups is 1. The van der Waals surface area contributed by atoms with Crippen LogP contribution in [-0.2, 0) is 0 Å². The second kappa shape index (κ2) is 3.38. The lowest BCUT2D eigenvalue weighted by Crippen LogP contribution is -1.96. The summed E-state index contributed by atoms with van der Waals surface area (Å²) < 4.78 is 0. The van der Waals surface area contributed by atoms with Gasteiger partial charge in [-0.25, -0.2) is 0 Å². The molecule has 19 heavy (non-hydrogen) atoms. The summed E-state index contributed by atoms with van der Waals surface area (Å²) in [7, 11) is 0. The van der Waals surface area contributed by atoms with Gasteiger partial charge in [0.1, 0.15) is 5.75 Å². The minimum Gasteiger partial charge on any atom is -0.507 e. The molecule has 2 heterocycles. The molecule has 4 rings (SSSR count). The lowest BCUT2D eigenvalue weighted by atomic mass is 10.0. The molecule has 90 valence electrons. The summed E-state index contributed by atoms with van der Waals surface area (Å²) in [5, 5.41) is 10.7. The largest absolute Gasteiger partial charge is 0.507 e. The van der Waals surface area contributed by atoms with Crippen LogP contribution >= 0.6 is 0 Å². The SMILES string of the molecule is O=C1c2cnccc2-c2c1cnc1cccc(O)c21. The van der Waals surface area contributed by atoms with Crippen molar-refractivity contribution in [3.05, 3.63) is 54.0 Å². The van der Waals surface area contributed by atoms with Gasteiger partial charge in [-0.05, 0) is 23.8 Å². The Morgan fingerprint density at radius 3 is 2.79 bits per heavy atom. The molecule has 0 saturated heterocycles. The first kappa shape index (κ1) is 10.2. The van der Waals surface area contributed by atoms with Crippen LogP contribution in [0.25, 0.3) is 22.0 Å². The lowest BCUT2D eigenvalue weighted by molar-refractivity contribution is 0.104. The second-order valence-corrected chi connectivity index (χ2v) is 4.47. The number of aromatic nitrogens is 2. The van der Waals surface area contributed by atoms with E-state index in [0.29, 0.717) is 22.0 Å². The van der Waals surface area contributed by atoms with Crippen LogP contribution in [0.2, 0.25) is 0 Å². The van der Waals surface area contributed by atoms with Gasteiger partial charge < -0.3 is 5.11 Å². The molecule has 0 unspecified atom stereocenters. The Balaban J connectivity index is 2.25. The fourth-order valence-electron chi connectivity index (χ4n) is 2.62. The van der Waals surface area contributed by atoms with E-state index in [1.165, 1.54) is 0 Å². The van der Waals surface area contributed by atoms with Gasteiger partial charge >= 0.3 is 0 Å². The summed E-state index contributed by atoms with van der Waals surface area (Å²) in [6.07, 6.45) is 4.77. The molecule has 1 aliphatic rings. The van der Waals surface area contributed by atoms with Gasteiger partial charge in [-0.15, -0.1) is 0 Å². The molecule has 3 aromatic rings. The highest BCUT2D eigenvalue weighted by molar-refractivity contribution is 6.25. The number of aromatic hydroxyl groups is 1. The summed E-state index contributed by atoms with van der Waals surface area (Å²) in [6.45, 7) is 0. The molecule has 0 atom stereocenters. The number of fused-ring (bicyclic) bond motifs is 5. The average molecular weight is 248 g/mol. The third kappa shape index (κ3) is 1.20. The van der Waals surface area contributed by atoms with Crippen LogP contribution in [0.1, 0.15) is 15.9 Å². The highest BCUT2D eigenvalue weighted by Gasteiger charge is 2.29. The highest BCUT2D eigenvalue weighted by atomic mass is 16.3. The number of phenols is 1. The van der Waals surface area contributed by atoms with Crippen molar-refractivity contribution in [2.24, 2.45) is 0 Å². The fraction of sp³-hybridized carbons (Fsp3) is 0. The van der Waals surface area contributed by atoms with Gasteiger partial charge in [0.15, 0.2) is 5.78 Å². The molecule has 1 aromatic carbocycles. The number of pyridine rings is 2. The molecule has 0 saturated carbocycles. The Labute approximate surface area is 108 Å². The van der Waals surface area contributed by atoms with Crippen molar-refractivity contribution < 1.29 is 9.90 Å². The van der Waals surface area contributed by atoms with Gasteiger partial charge in [0, 0.05) is 35.3 Å². The first-order chi connectivity index (χ1) is 9.27. The quantitative estimate of drug-likeness (QED) is 0.519. The van der Waals surface area contributed by atoms with E-state index < -0.39 is 0 Å². The number of hydrogen-bond donors (Lipinski definition) is 1. The molecular formula is C15H8N2O2. The van der Waals surface area contributed by atoms with Gasteiger partial charge in [-0.1, -0.05) is 6.07 Å². The van der Waals surface area contributed by atoms with E-state index in [2.05, 4.69) is 9.97 Å². The van der Waals surface area contributed by atoms with Crippen molar-refractivity contribution in [2.45, 2.75) is 0 Å². The van der Waals surface area contributed by atoms with Gasteiger partial charge in [-0.3, -0.25) is 14.8 Å². The minimum absolute atomic E-state index is 0.0873. The maximum Gasteiger partial charge on any atom is 0.197 e. The number of rotatable bonds is 0. The summed E-state index contributed by atoms with van der Waals surface area (Å²) in [5.41, 5.74) is 3.33. The van der Waals surface area contributed by atoms with E-state index in [-0.39, 0.29) is 11.5 Å². The van der Waals surface area contributed by atoms with E-state index >= 15 is 0 Å². The number of benzene rings is 1. The predicted molar refractivity (Wildman–Crippen MR) is 70.1 cm³/mol. The third-order valence-corrected chi connectivity index (χ3v) is 3.45. The Kier molecular flexibility index (Phi) is 1.82. The lowest BCUT2D eigenvalue weighted by Gasteiger charge is -2.06. The first-order valence-electron chi connectivity index (χ1n) is 5.87. The van der Waals surface area contributed by atoms with Crippen LogP contribution < -0.4 is 0 Å². The molecule has 0 spiro atoms. The maximum atomic E-state index is 12.3. The molecule has 2 aromatic heterocycles. The zero-order valence-electron chi connectivity index (χ0n) is 9.79. The Hall–Kier alpha value is -2.75. The normalized spacial score (nSPS) is 12.5. The van der Waals surface area contributed by atoms with Crippen molar-refractivity contribution >= 4 is 16.7 Å². The van der Waals surface area contributed by atoms with Crippen LogP contribution in [0.15, 0.2) is 42.9 Å². The number of nitrogens with zero attached hydrogens (tertiary/aromatic N) is 2. The Morgan fingerprint density at radius 1 is 1.00 bits per heavy atom. The predicted octanol–water partition coefficient (Wildman–Crippen LogP) is 2.55. The fourth-order valence-corrected chi connectivity index (χ4v) is 2.62. The smallest absolute Gasteiger partial charge is 0.197 e. The first-order valence-corrected chi connectivity index (χ1v) is 5.87. The summed E-state index contributed by atoms with van der Waals surface area (Å²) in [6, 6.07) is 6.96. The molecule has 0 bridgehead atoms. The number of ketones is 1. The zero-order chi connectivity index (χ0) is 13.0. The summed E-state index contributed by atoms with van der Waals surface area (Å²) >= 11 is 0. The van der Waals surface area contributed by atoms with E-state index in [1.807, 2.05) is 6.07 Å². The number of hydrogen-bond acceptors (Lipinski definition) is 4. The van der Waals surface area contributed by atoms with E-state index in [4.69, 9.17) is 0 Å². The molecule has 4 nitrogen and oxygen atoms in total. The summed E-state index contributed by atoms with van der Waals surface area (Å²) in [5.74, 6) is 0.0510. The van der Waals surface area contributed by atoms with Crippen LogP contribution in [-0.4, -0.2) is 20.9 Å². The molecule has 0 fully saturated rings. The van der Waals surface area contributed by atoms with Gasteiger partial charge in [0.05, 0.1) is 10.9 Å². The zero-order valence-corrected chi connectivity index (χ0v) is 9.79. The van der Waals surface area contributed by atoms with Crippen LogP contribution in [0.4, 0.5) is 0 Å². The van der Waals surface area contributed by atoms with Gasteiger partial charge in [0.2, 0.25) is 0 Å². The van der Waals surface area contributed by atoms with Crippen molar-refractivity contribution in [1.29, 1.82) is 0 Å². The molecule has 0 radical (unpaired) electrons. The van der Waals surface area contributed by atoms with Crippen molar-refractivity contribution in [3.8, 4) is 16.9 Å². The minimum atomic E-state index is -0.0873. The summed E-state index contributed by atoms with van der Waals surface area (Å²) in [4.78, 5) is 20.5. The standard InChI is InChI=1S/C15H8N2O2/c18-12-3-1-2-11-14(12)13-8-4-5-16-6-9(8)15(19)10(13)7-17-11/h1-7,18H. The van der Waals surface area contributed by atoms with Crippen molar-refractivity contribution in [1.82, 2.24) is 9.97 Å². The molecule has 4 heteroatoms. The molecule has 0 amide bonds. The molecule has 1 aliphatic carbocycles. The van der Waals surface area contributed by atoms with Gasteiger partial charge in [0.25, 0.3) is 0 Å². The third-order valence-electron chi connectivity index (χ3n) is 3.45. The average Bonchev–Trinajstić information content (AvgIpc) is 2.73. The van der Waals surface area contributed by atoms with Crippen LogP contribution in [0.5, 0.6) is 5.75 Å². The van der Waals surface area contributed by atoms with Crippen LogP contribution in [0.3, 0.4) is 0 Å². The maximum absolute atomic E-state index is 12.3. The van der Waals surface area contributed by atoms with E-state index in [9.17, 15) is 9.90 Å². The molecule has 0 aliphatic heterocycles. The Bertz CT molecular complexity index is 856. The van der Waals surface area contributed by atoms with Crippen molar-refractivity contribution in [3.63, 3.8) is 0 Å². The monoisotopic (exact) mass is 248 g/mol. The highest BCUT2D eigenvalue weighted by Crippen LogP contribution is 2.42. The molecule has 1 N–H and O–H groups in total. The number of carbonyl (C=O) groups excluding carboxylic acids is 1. The topological polar surface area (TPSA) is 63.1 Å². The van der Waals surface area contributed by atoms with Gasteiger partial charge in [-0.2, -0.15) is 0 Å².